The number of carboxylic acid groups (broad SMARTS) is 1. The highest BCUT2D eigenvalue weighted by Gasteiger charge is 2.35. The first-order valence-corrected chi connectivity index (χ1v) is 12.3. The summed E-state index contributed by atoms with van der Waals surface area (Å²) < 4.78 is 17.2. The van der Waals surface area contributed by atoms with Gasteiger partial charge in [0.25, 0.3) is 0 Å². The molecule has 0 radical (unpaired) electrons. The Bertz CT molecular complexity index is 1540. The van der Waals surface area contributed by atoms with Crippen molar-refractivity contribution in [2.24, 2.45) is 0 Å². The number of nitrogens with zero attached hydrogens (tertiary/aromatic N) is 4. The zero-order valence-electron chi connectivity index (χ0n) is 22.5. The quantitative estimate of drug-likeness (QED) is 0.197. The Morgan fingerprint density at radius 2 is 1.84 bits per heavy atom. The number of benzene rings is 2. The molecule has 4 N–H and O–H groups in total. The van der Waals surface area contributed by atoms with Crippen molar-refractivity contribution in [2.45, 2.75) is 58.9 Å². The third-order valence-corrected chi connectivity index (χ3v) is 6.54. The fourth-order valence-electron chi connectivity index (χ4n) is 4.42. The van der Waals surface area contributed by atoms with E-state index in [-0.39, 0.29) is 12.2 Å². The summed E-state index contributed by atoms with van der Waals surface area (Å²) in [6.07, 6.45) is 4.62. The number of nitrogen functional groups attached to an aromatic ring is 1. The first kappa shape index (κ1) is 28.1. The minimum atomic E-state index is -1.29. The standard InChI is InChI=1S/C27H27FN6O2.C2H6/c1-26(2,9-10-29)24-23(17-14-32-33(15-17)27(3,4)25(35)36)20-12-21(31)16(13-30)11-22(20)34(24)19-7-5-18(28)6-8-19;1-2/h5-8,11-15,30H,9,31H2,1-4H3,(H,35,36);1-2H3. The van der Waals surface area contributed by atoms with Gasteiger partial charge in [-0.15, -0.1) is 0 Å². The fourth-order valence-corrected chi connectivity index (χ4v) is 4.42. The van der Waals surface area contributed by atoms with Crippen molar-refractivity contribution >= 4 is 28.8 Å². The number of carbonyl (C=O) groups is 1. The number of aliphatic carboxylic acids is 1. The molecule has 0 amide bonds. The highest BCUT2D eigenvalue weighted by atomic mass is 19.1. The Hall–Kier alpha value is -4.45. The molecule has 0 spiro atoms. The highest BCUT2D eigenvalue weighted by Crippen LogP contribution is 2.45. The lowest BCUT2D eigenvalue weighted by Crippen LogP contribution is -2.35. The molecule has 4 rings (SSSR count). The molecule has 0 fully saturated rings. The van der Waals surface area contributed by atoms with Gasteiger partial charge in [-0.3, -0.25) is 4.68 Å². The average molecular weight is 517 g/mol. The van der Waals surface area contributed by atoms with E-state index in [4.69, 9.17) is 11.1 Å². The van der Waals surface area contributed by atoms with E-state index in [1.807, 2.05) is 32.3 Å². The van der Waals surface area contributed by atoms with Crippen LogP contribution in [0.15, 0.2) is 48.8 Å². The van der Waals surface area contributed by atoms with Crippen LogP contribution in [0.1, 0.15) is 59.2 Å². The van der Waals surface area contributed by atoms with E-state index in [2.05, 4.69) is 11.2 Å². The molecule has 0 aliphatic carbocycles. The SMILES string of the molecule is CC.CC(C)(CC#N)c1c(-c2cnn(C(C)(C)C(=O)O)c2)c2cc(N)c(C=N)cc2n1-c1ccc(F)cc1. The number of carboxylic acids is 1. The number of halogens is 1. The van der Waals surface area contributed by atoms with Crippen LogP contribution in [-0.2, 0) is 15.7 Å². The van der Waals surface area contributed by atoms with Gasteiger partial charge < -0.3 is 20.8 Å². The van der Waals surface area contributed by atoms with E-state index in [0.29, 0.717) is 22.5 Å². The molecule has 0 atom stereocenters. The monoisotopic (exact) mass is 516 g/mol. The predicted molar refractivity (Wildman–Crippen MR) is 148 cm³/mol. The smallest absolute Gasteiger partial charge is 0.331 e. The minimum absolute atomic E-state index is 0.180. The van der Waals surface area contributed by atoms with Gasteiger partial charge in [0.05, 0.1) is 17.8 Å². The molecule has 0 saturated heterocycles. The van der Waals surface area contributed by atoms with Crippen molar-refractivity contribution < 1.29 is 14.3 Å². The maximum atomic E-state index is 13.8. The van der Waals surface area contributed by atoms with E-state index in [1.54, 1.807) is 50.5 Å². The Morgan fingerprint density at radius 1 is 1.21 bits per heavy atom. The second-order valence-electron chi connectivity index (χ2n) is 9.93. The zero-order chi connectivity index (χ0) is 28.4. The molecule has 0 saturated carbocycles. The molecule has 2 aromatic heterocycles. The van der Waals surface area contributed by atoms with Gasteiger partial charge in [-0.05, 0) is 50.2 Å². The summed E-state index contributed by atoms with van der Waals surface area (Å²) in [6.45, 7) is 11.0. The lowest BCUT2D eigenvalue weighted by atomic mass is 9.82. The van der Waals surface area contributed by atoms with Gasteiger partial charge in [-0.1, -0.05) is 27.7 Å². The molecular formula is C29H33FN6O2. The second kappa shape index (κ2) is 10.5. The predicted octanol–water partition coefficient (Wildman–Crippen LogP) is 6.25. The van der Waals surface area contributed by atoms with E-state index >= 15 is 0 Å². The molecular weight excluding hydrogens is 483 g/mol. The molecule has 38 heavy (non-hydrogen) atoms. The average Bonchev–Trinajstić information content (AvgIpc) is 3.49. The summed E-state index contributed by atoms with van der Waals surface area (Å²) in [7, 11) is 0. The van der Waals surface area contributed by atoms with Crippen LogP contribution >= 0.6 is 0 Å². The van der Waals surface area contributed by atoms with Crippen LogP contribution in [0, 0.1) is 22.6 Å². The molecule has 198 valence electrons. The number of rotatable bonds is 7. The zero-order valence-corrected chi connectivity index (χ0v) is 22.5. The van der Waals surface area contributed by atoms with Gasteiger partial charge in [0.2, 0.25) is 0 Å². The molecule has 0 unspecified atom stereocenters. The molecule has 0 aliphatic rings. The lowest BCUT2D eigenvalue weighted by molar-refractivity contribution is -0.146. The Kier molecular flexibility index (Phi) is 7.77. The third-order valence-electron chi connectivity index (χ3n) is 6.54. The van der Waals surface area contributed by atoms with Crippen molar-refractivity contribution in [1.82, 2.24) is 14.3 Å². The van der Waals surface area contributed by atoms with Crippen LogP contribution in [0.4, 0.5) is 10.1 Å². The Balaban J connectivity index is 0.00000195. The maximum Gasteiger partial charge on any atom is 0.331 e. The minimum Gasteiger partial charge on any atom is -0.479 e. The summed E-state index contributed by atoms with van der Waals surface area (Å²) >= 11 is 0. The van der Waals surface area contributed by atoms with Crippen LogP contribution in [-0.4, -0.2) is 31.6 Å². The Labute approximate surface area is 221 Å². The molecule has 2 heterocycles. The summed E-state index contributed by atoms with van der Waals surface area (Å²) in [4.78, 5) is 11.9. The lowest BCUT2D eigenvalue weighted by Gasteiger charge is -2.26. The van der Waals surface area contributed by atoms with E-state index in [9.17, 15) is 19.6 Å². The van der Waals surface area contributed by atoms with Crippen LogP contribution < -0.4 is 5.73 Å². The number of fused-ring (bicyclic) bond motifs is 1. The first-order chi connectivity index (χ1) is 17.9. The number of nitrogens with two attached hydrogens (primary N) is 1. The van der Waals surface area contributed by atoms with Crippen molar-refractivity contribution in [2.75, 3.05) is 5.73 Å². The van der Waals surface area contributed by atoms with Gasteiger partial charge in [0.1, 0.15) is 5.82 Å². The molecule has 4 aromatic rings. The fraction of sp³-hybridized carbons (Fsp3) is 0.310. The van der Waals surface area contributed by atoms with Gasteiger partial charge in [0, 0.05) is 63.4 Å². The summed E-state index contributed by atoms with van der Waals surface area (Å²) in [5, 5.41) is 32.3. The highest BCUT2D eigenvalue weighted by molar-refractivity contribution is 6.04. The van der Waals surface area contributed by atoms with E-state index in [0.717, 1.165) is 22.2 Å². The summed E-state index contributed by atoms with van der Waals surface area (Å²) in [5.74, 6) is -1.41. The van der Waals surface area contributed by atoms with Crippen LogP contribution in [0.25, 0.3) is 27.7 Å². The largest absolute Gasteiger partial charge is 0.479 e. The molecule has 0 aliphatic heterocycles. The van der Waals surface area contributed by atoms with Crippen molar-refractivity contribution in [1.29, 1.82) is 10.7 Å². The first-order valence-electron chi connectivity index (χ1n) is 12.3. The van der Waals surface area contributed by atoms with E-state index < -0.39 is 16.9 Å². The number of nitriles is 1. The number of aromatic nitrogens is 3. The normalized spacial score (nSPS) is 11.5. The molecule has 0 bridgehead atoms. The molecule has 9 heteroatoms. The van der Waals surface area contributed by atoms with Gasteiger partial charge in [0.15, 0.2) is 5.54 Å². The molecule has 8 nitrogen and oxygen atoms in total. The van der Waals surface area contributed by atoms with Crippen molar-refractivity contribution in [3.63, 3.8) is 0 Å². The van der Waals surface area contributed by atoms with Crippen LogP contribution in [0.3, 0.4) is 0 Å². The number of hydrogen-bond donors (Lipinski definition) is 3. The van der Waals surface area contributed by atoms with E-state index in [1.165, 1.54) is 23.0 Å². The van der Waals surface area contributed by atoms with Crippen LogP contribution in [0.5, 0.6) is 0 Å². The number of hydrogen-bond acceptors (Lipinski definition) is 5. The number of nitrogens with one attached hydrogen (secondary N) is 1. The van der Waals surface area contributed by atoms with Crippen LogP contribution in [0.2, 0.25) is 0 Å². The second-order valence-corrected chi connectivity index (χ2v) is 9.93. The topological polar surface area (TPSA) is 134 Å². The van der Waals surface area contributed by atoms with Gasteiger partial charge in [-0.2, -0.15) is 10.4 Å². The van der Waals surface area contributed by atoms with Crippen molar-refractivity contribution in [3.05, 3.63) is 65.9 Å². The van der Waals surface area contributed by atoms with Gasteiger partial charge >= 0.3 is 5.97 Å². The summed E-state index contributed by atoms with van der Waals surface area (Å²) in [5.41, 5.74) is 8.78. The van der Waals surface area contributed by atoms with Crippen molar-refractivity contribution in [3.8, 4) is 22.9 Å². The Morgan fingerprint density at radius 3 is 2.39 bits per heavy atom. The number of anilines is 1. The maximum absolute atomic E-state index is 13.8. The molecule has 2 aromatic carbocycles. The third kappa shape index (κ3) is 4.77. The summed E-state index contributed by atoms with van der Waals surface area (Å²) in [6, 6.07) is 11.9. The van der Waals surface area contributed by atoms with Gasteiger partial charge in [-0.25, -0.2) is 9.18 Å².